The topological polar surface area (TPSA) is 50.8 Å². The fourth-order valence-corrected chi connectivity index (χ4v) is 4.66. The molecule has 0 heterocycles. The number of nitrogens with one attached hydrogen (secondary N) is 1. The third-order valence-electron chi connectivity index (χ3n) is 6.67. The first-order valence-electron chi connectivity index (χ1n) is 13.0. The molecule has 0 aromatic heterocycles. The molecule has 2 aromatic rings. The highest BCUT2D eigenvalue weighted by molar-refractivity contribution is 5.93. The lowest BCUT2D eigenvalue weighted by molar-refractivity contribution is -0.116. The van der Waals surface area contributed by atoms with Crippen LogP contribution in [0.1, 0.15) is 101 Å². The second kappa shape index (κ2) is 13.4. The minimum atomic E-state index is 0.0269. The fraction of sp³-hybridized carbons (Fsp3) is 0.567. The van der Waals surface area contributed by atoms with Gasteiger partial charge in [-0.3, -0.25) is 4.79 Å². The van der Waals surface area contributed by atoms with Gasteiger partial charge in [0.25, 0.3) is 0 Å². The molecule has 1 unspecified atom stereocenters. The van der Waals surface area contributed by atoms with Gasteiger partial charge in [0.05, 0.1) is 14.2 Å². The standard InChI is InChI=1S/C30H46N2O3/c1-10-11-12-14-22(26-18-23(32(6)7)19-27(34-8)30(26)35-9)17-28(33)31-29-24(20(2)3)15-13-16-25(29)21(4)5/h13,15-16,18-22H,10-12,14,17H2,1-9H3,(H,31,33). The maximum absolute atomic E-state index is 13.6. The normalized spacial score (nSPS) is 12.1. The smallest absolute Gasteiger partial charge is 0.225 e. The fourth-order valence-electron chi connectivity index (χ4n) is 4.66. The highest BCUT2D eigenvalue weighted by Gasteiger charge is 2.25. The molecule has 5 heteroatoms. The number of nitrogens with zero attached hydrogens (tertiary/aromatic N) is 1. The number of amides is 1. The van der Waals surface area contributed by atoms with Crippen LogP contribution in [0.25, 0.3) is 0 Å². The van der Waals surface area contributed by atoms with Crippen LogP contribution in [0.2, 0.25) is 0 Å². The molecule has 0 aliphatic carbocycles. The molecule has 0 aliphatic rings. The molecule has 5 nitrogen and oxygen atoms in total. The van der Waals surface area contributed by atoms with Crippen LogP contribution >= 0.6 is 0 Å². The SMILES string of the molecule is CCCCCC(CC(=O)Nc1c(C(C)C)cccc1C(C)C)c1cc(N(C)C)cc(OC)c1OC. The van der Waals surface area contributed by atoms with Crippen LogP contribution in [0, 0.1) is 0 Å². The summed E-state index contributed by atoms with van der Waals surface area (Å²) in [5, 5.41) is 3.31. The van der Waals surface area contributed by atoms with Crippen LogP contribution in [0.5, 0.6) is 11.5 Å². The van der Waals surface area contributed by atoms with Crippen molar-refractivity contribution in [2.75, 3.05) is 38.5 Å². The third kappa shape index (κ3) is 7.39. The summed E-state index contributed by atoms with van der Waals surface area (Å²) in [5.74, 6) is 2.13. The lowest BCUT2D eigenvalue weighted by Crippen LogP contribution is -2.19. The van der Waals surface area contributed by atoms with E-state index in [9.17, 15) is 4.79 Å². The molecule has 0 radical (unpaired) electrons. The van der Waals surface area contributed by atoms with Gasteiger partial charge in [0, 0.05) is 43.5 Å². The second-order valence-corrected chi connectivity index (χ2v) is 10.2. The zero-order chi connectivity index (χ0) is 26.1. The first kappa shape index (κ1) is 28.5. The van der Waals surface area contributed by atoms with Crippen molar-refractivity contribution in [3.05, 3.63) is 47.0 Å². The molecule has 0 aliphatic heterocycles. The van der Waals surface area contributed by atoms with Crippen LogP contribution in [-0.4, -0.2) is 34.2 Å². The number of ether oxygens (including phenoxy) is 2. The van der Waals surface area contributed by atoms with Crippen molar-refractivity contribution < 1.29 is 14.3 Å². The maximum atomic E-state index is 13.6. The highest BCUT2D eigenvalue weighted by Crippen LogP contribution is 2.42. The minimum absolute atomic E-state index is 0.0269. The molecule has 194 valence electrons. The third-order valence-corrected chi connectivity index (χ3v) is 6.67. The molecule has 0 spiro atoms. The Morgan fingerprint density at radius 1 is 0.943 bits per heavy atom. The lowest BCUT2D eigenvalue weighted by atomic mass is 9.88. The van der Waals surface area contributed by atoms with Crippen molar-refractivity contribution in [2.45, 2.75) is 84.5 Å². The Hall–Kier alpha value is -2.69. The number of methoxy groups -OCH3 is 2. The number of hydrogen-bond acceptors (Lipinski definition) is 4. The predicted octanol–water partition coefficient (Wildman–Crippen LogP) is 7.71. The Morgan fingerprint density at radius 2 is 1.57 bits per heavy atom. The molecule has 2 rings (SSSR count). The molecule has 0 saturated carbocycles. The number of carbonyl (C=O) groups is 1. The van der Waals surface area contributed by atoms with Crippen LogP contribution in [0.4, 0.5) is 11.4 Å². The van der Waals surface area contributed by atoms with E-state index in [2.05, 4.69) is 69.1 Å². The summed E-state index contributed by atoms with van der Waals surface area (Å²) in [6.45, 7) is 10.9. The predicted molar refractivity (Wildman–Crippen MR) is 149 cm³/mol. The van der Waals surface area contributed by atoms with E-state index in [1.54, 1.807) is 14.2 Å². The van der Waals surface area contributed by atoms with E-state index in [1.165, 1.54) is 11.1 Å². The van der Waals surface area contributed by atoms with Gasteiger partial charge in [-0.2, -0.15) is 0 Å². The summed E-state index contributed by atoms with van der Waals surface area (Å²) < 4.78 is 11.5. The van der Waals surface area contributed by atoms with E-state index in [-0.39, 0.29) is 11.8 Å². The van der Waals surface area contributed by atoms with E-state index in [0.717, 1.165) is 48.4 Å². The van der Waals surface area contributed by atoms with Crippen molar-refractivity contribution >= 4 is 17.3 Å². The van der Waals surface area contributed by atoms with Gasteiger partial charge in [0.2, 0.25) is 5.91 Å². The number of hydrogen-bond donors (Lipinski definition) is 1. The quantitative estimate of drug-likeness (QED) is 0.297. The highest BCUT2D eigenvalue weighted by atomic mass is 16.5. The average molecular weight is 483 g/mol. The Bertz CT molecular complexity index is 940. The van der Waals surface area contributed by atoms with Crippen molar-refractivity contribution in [3.63, 3.8) is 0 Å². The number of unbranched alkanes of at least 4 members (excludes halogenated alkanes) is 2. The van der Waals surface area contributed by atoms with Crippen molar-refractivity contribution in [1.82, 2.24) is 0 Å². The number of anilines is 2. The Morgan fingerprint density at radius 3 is 2.06 bits per heavy atom. The average Bonchev–Trinajstić information content (AvgIpc) is 2.82. The maximum Gasteiger partial charge on any atom is 0.225 e. The molecular weight excluding hydrogens is 436 g/mol. The zero-order valence-corrected chi connectivity index (χ0v) is 23.3. The Kier molecular flexibility index (Phi) is 10.9. The molecule has 0 bridgehead atoms. The number of para-hydroxylation sites is 1. The van der Waals surface area contributed by atoms with Crippen LogP contribution < -0.4 is 19.7 Å². The van der Waals surface area contributed by atoms with Gasteiger partial charge in [-0.1, -0.05) is 72.1 Å². The van der Waals surface area contributed by atoms with Gasteiger partial charge in [-0.15, -0.1) is 0 Å². The van der Waals surface area contributed by atoms with Gasteiger partial charge in [-0.25, -0.2) is 0 Å². The molecule has 0 saturated heterocycles. The van der Waals surface area contributed by atoms with E-state index in [1.807, 2.05) is 20.2 Å². The monoisotopic (exact) mass is 482 g/mol. The molecule has 1 N–H and O–H groups in total. The summed E-state index contributed by atoms with van der Waals surface area (Å²) in [4.78, 5) is 15.6. The zero-order valence-electron chi connectivity index (χ0n) is 23.3. The second-order valence-electron chi connectivity index (χ2n) is 10.2. The van der Waals surface area contributed by atoms with Crippen LogP contribution in [0.3, 0.4) is 0 Å². The summed E-state index contributed by atoms with van der Waals surface area (Å²) in [6, 6.07) is 10.5. The summed E-state index contributed by atoms with van der Waals surface area (Å²) >= 11 is 0. The first-order valence-corrected chi connectivity index (χ1v) is 13.0. The molecule has 1 atom stereocenters. The number of carbonyl (C=O) groups excluding carboxylic acids is 1. The lowest BCUT2D eigenvalue weighted by Gasteiger charge is -2.25. The Balaban J connectivity index is 2.47. The van der Waals surface area contributed by atoms with Gasteiger partial charge < -0.3 is 19.7 Å². The van der Waals surface area contributed by atoms with Crippen molar-refractivity contribution in [3.8, 4) is 11.5 Å². The van der Waals surface area contributed by atoms with Crippen molar-refractivity contribution in [1.29, 1.82) is 0 Å². The van der Waals surface area contributed by atoms with Gasteiger partial charge >= 0.3 is 0 Å². The molecule has 0 fully saturated rings. The summed E-state index contributed by atoms with van der Waals surface area (Å²) in [7, 11) is 7.37. The summed E-state index contributed by atoms with van der Waals surface area (Å²) in [5.41, 5.74) is 5.40. The number of rotatable bonds is 13. The molecular formula is C30H46N2O3. The first-order chi connectivity index (χ1) is 16.6. The van der Waals surface area contributed by atoms with Gasteiger partial charge in [-0.05, 0) is 41.4 Å². The van der Waals surface area contributed by atoms with Gasteiger partial charge in [0.1, 0.15) is 0 Å². The van der Waals surface area contributed by atoms with Crippen LogP contribution in [0.15, 0.2) is 30.3 Å². The van der Waals surface area contributed by atoms with E-state index < -0.39 is 0 Å². The molecule has 1 amide bonds. The van der Waals surface area contributed by atoms with Gasteiger partial charge in [0.15, 0.2) is 11.5 Å². The van der Waals surface area contributed by atoms with E-state index in [0.29, 0.717) is 24.0 Å². The largest absolute Gasteiger partial charge is 0.493 e. The van der Waals surface area contributed by atoms with E-state index >= 15 is 0 Å². The minimum Gasteiger partial charge on any atom is -0.493 e. The summed E-state index contributed by atoms with van der Waals surface area (Å²) in [6.07, 6.45) is 4.64. The molecule has 35 heavy (non-hydrogen) atoms. The van der Waals surface area contributed by atoms with E-state index in [4.69, 9.17) is 9.47 Å². The molecule has 2 aromatic carbocycles. The van der Waals surface area contributed by atoms with Crippen LogP contribution in [-0.2, 0) is 4.79 Å². The number of benzene rings is 2. The Labute approximate surface area is 213 Å². The van der Waals surface area contributed by atoms with Crippen molar-refractivity contribution in [2.24, 2.45) is 0 Å².